The van der Waals surface area contributed by atoms with Crippen molar-refractivity contribution >= 4 is 11.8 Å². The first-order valence-corrected chi connectivity index (χ1v) is 10.2. The molecule has 0 aliphatic carbocycles. The van der Waals surface area contributed by atoms with Crippen LogP contribution in [-0.2, 0) is 17.8 Å². The molecule has 1 spiro atoms. The second kappa shape index (κ2) is 7.78. The molecule has 1 aromatic carbocycles. The minimum absolute atomic E-state index is 0.000159. The monoisotopic (exact) mass is 381 g/mol. The number of hydrogen-bond acceptors (Lipinski definition) is 4. The van der Waals surface area contributed by atoms with Crippen LogP contribution in [0.1, 0.15) is 54.4 Å². The first-order chi connectivity index (χ1) is 13.6. The highest BCUT2D eigenvalue weighted by Gasteiger charge is 2.45. The molecule has 4 rings (SSSR count). The zero-order chi connectivity index (χ0) is 19.6. The molecule has 2 aromatic rings. The molecule has 2 aliphatic heterocycles. The van der Waals surface area contributed by atoms with Gasteiger partial charge in [0.2, 0.25) is 5.91 Å². The van der Waals surface area contributed by atoms with Crippen LogP contribution < -0.4 is 0 Å². The first kappa shape index (κ1) is 18.7. The molecule has 0 radical (unpaired) electrons. The number of aromatic nitrogens is 1. The molecular formula is C22H27N3O3. The number of hydrogen-bond donors (Lipinski definition) is 0. The molecule has 2 saturated heterocycles. The fraction of sp³-hybridized carbons (Fsp3) is 0.500. The van der Waals surface area contributed by atoms with Gasteiger partial charge in [-0.25, -0.2) is 0 Å². The van der Waals surface area contributed by atoms with Crippen LogP contribution in [0, 0.1) is 5.41 Å². The molecule has 3 heterocycles. The fourth-order valence-corrected chi connectivity index (χ4v) is 4.39. The highest BCUT2D eigenvalue weighted by Crippen LogP contribution is 2.41. The summed E-state index contributed by atoms with van der Waals surface area (Å²) in [4.78, 5) is 29.1. The molecule has 28 heavy (non-hydrogen) atoms. The van der Waals surface area contributed by atoms with Gasteiger partial charge in [-0.05, 0) is 24.8 Å². The lowest BCUT2D eigenvalue weighted by atomic mass is 9.77. The Morgan fingerprint density at radius 3 is 2.68 bits per heavy atom. The van der Waals surface area contributed by atoms with Gasteiger partial charge in [0, 0.05) is 50.5 Å². The highest BCUT2D eigenvalue weighted by molar-refractivity contribution is 5.92. The van der Waals surface area contributed by atoms with Crippen molar-refractivity contribution < 1.29 is 14.1 Å². The van der Waals surface area contributed by atoms with Gasteiger partial charge < -0.3 is 14.3 Å². The van der Waals surface area contributed by atoms with Crippen molar-refractivity contribution in [1.82, 2.24) is 15.0 Å². The van der Waals surface area contributed by atoms with Crippen molar-refractivity contribution in [2.45, 2.75) is 45.6 Å². The van der Waals surface area contributed by atoms with Crippen LogP contribution in [0.15, 0.2) is 40.9 Å². The molecule has 0 N–H and O–H groups in total. The number of carbonyl (C=O) groups is 2. The van der Waals surface area contributed by atoms with E-state index in [1.54, 1.807) is 6.07 Å². The summed E-state index contributed by atoms with van der Waals surface area (Å²) in [5, 5.41) is 3.94. The van der Waals surface area contributed by atoms with E-state index in [1.165, 1.54) is 0 Å². The van der Waals surface area contributed by atoms with Crippen molar-refractivity contribution in [2.75, 3.05) is 19.6 Å². The van der Waals surface area contributed by atoms with Crippen LogP contribution in [0.4, 0.5) is 0 Å². The maximum atomic E-state index is 12.7. The Balaban J connectivity index is 1.35. The van der Waals surface area contributed by atoms with Crippen molar-refractivity contribution in [3.8, 4) is 0 Å². The molecule has 0 bridgehead atoms. The predicted octanol–water partition coefficient (Wildman–Crippen LogP) is 3.28. The Bertz CT molecular complexity index is 838. The van der Waals surface area contributed by atoms with Crippen molar-refractivity contribution in [3.63, 3.8) is 0 Å². The minimum atomic E-state index is -0.0635. The third kappa shape index (κ3) is 3.81. The molecule has 2 aliphatic rings. The summed E-state index contributed by atoms with van der Waals surface area (Å²) in [5.41, 5.74) is 1.56. The second-order valence-electron chi connectivity index (χ2n) is 8.13. The van der Waals surface area contributed by atoms with Gasteiger partial charge in [0.15, 0.2) is 5.69 Å². The Labute approximate surface area is 165 Å². The van der Waals surface area contributed by atoms with Crippen LogP contribution in [0.3, 0.4) is 0 Å². The molecule has 2 fully saturated rings. The topological polar surface area (TPSA) is 66.7 Å². The Hall–Kier alpha value is -2.63. The van der Waals surface area contributed by atoms with Crippen LogP contribution in [-0.4, -0.2) is 46.4 Å². The van der Waals surface area contributed by atoms with Gasteiger partial charge in [-0.3, -0.25) is 9.59 Å². The molecule has 0 saturated carbocycles. The largest absolute Gasteiger partial charge is 0.361 e. The van der Waals surface area contributed by atoms with E-state index in [1.807, 2.05) is 28.0 Å². The van der Waals surface area contributed by atoms with Gasteiger partial charge >= 0.3 is 0 Å². The van der Waals surface area contributed by atoms with E-state index in [0.717, 1.165) is 43.6 Å². The average molecular weight is 381 g/mol. The zero-order valence-corrected chi connectivity index (χ0v) is 16.4. The highest BCUT2D eigenvalue weighted by atomic mass is 16.5. The molecular weight excluding hydrogens is 354 g/mol. The lowest BCUT2D eigenvalue weighted by Crippen LogP contribution is -2.44. The van der Waals surface area contributed by atoms with Gasteiger partial charge in [-0.2, -0.15) is 0 Å². The molecule has 6 heteroatoms. The number of aryl methyl sites for hydroxylation is 1. The van der Waals surface area contributed by atoms with Crippen LogP contribution in [0.5, 0.6) is 0 Å². The van der Waals surface area contributed by atoms with Crippen LogP contribution >= 0.6 is 0 Å². The maximum absolute atomic E-state index is 12.7. The number of carbonyl (C=O) groups excluding carboxylic acids is 2. The van der Waals surface area contributed by atoms with Gasteiger partial charge in [0.25, 0.3) is 5.91 Å². The number of rotatable bonds is 5. The minimum Gasteiger partial charge on any atom is -0.361 e. The second-order valence-corrected chi connectivity index (χ2v) is 8.13. The molecule has 0 unspecified atom stereocenters. The molecule has 1 aromatic heterocycles. The first-order valence-electron chi connectivity index (χ1n) is 10.2. The quantitative estimate of drug-likeness (QED) is 0.797. The number of nitrogens with zero attached hydrogens (tertiary/aromatic N) is 3. The van der Waals surface area contributed by atoms with Gasteiger partial charge in [0.05, 0.1) is 0 Å². The lowest BCUT2D eigenvalue weighted by Gasteiger charge is -2.38. The van der Waals surface area contributed by atoms with Gasteiger partial charge in [0.1, 0.15) is 5.76 Å². The normalized spacial score (nSPS) is 18.8. The SMILES string of the molecule is CCCc1cc(C(=O)N2CCC3(CC2)CC(=O)N(Cc2ccccc2)C3)no1. The van der Waals surface area contributed by atoms with E-state index in [4.69, 9.17) is 4.52 Å². The third-order valence-corrected chi connectivity index (χ3v) is 6.01. The van der Waals surface area contributed by atoms with E-state index >= 15 is 0 Å². The van der Waals surface area contributed by atoms with Gasteiger partial charge in [-0.15, -0.1) is 0 Å². The number of amides is 2. The number of benzene rings is 1. The molecule has 6 nitrogen and oxygen atoms in total. The summed E-state index contributed by atoms with van der Waals surface area (Å²) >= 11 is 0. The molecule has 0 atom stereocenters. The maximum Gasteiger partial charge on any atom is 0.276 e. The Kier molecular flexibility index (Phi) is 5.20. The van der Waals surface area contributed by atoms with Crippen molar-refractivity contribution in [2.24, 2.45) is 5.41 Å². The van der Waals surface area contributed by atoms with E-state index in [0.29, 0.717) is 31.7 Å². The van der Waals surface area contributed by atoms with Gasteiger partial charge in [-0.1, -0.05) is 42.4 Å². The summed E-state index contributed by atoms with van der Waals surface area (Å²) in [5.74, 6) is 0.924. The van der Waals surface area contributed by atoms with Crippen molar-refractivity contribution in [1.29, 1.82) is 0 Å². The molecule has 148 valence electrons. The fourth-order valence-electron chi connectivity index (χ4n) is 4.39. The summed E-state index contributed by atoms with van der Waals surface area (Å²) in [7, 11) is 0. The predicted molar refractivity (Wildman–Crippen MR) is 105 cm³/mol. The lowest BCUT2D eigenvalue weighted by molar-refractivity contribution is -0.128. The van der Waals surface area contributed by atoms with E-state index in [9.17, 15) is 9.59 Å². The summed E-state index contributed by atoms with van der Waals surface area (Å²) < 4.78 is 5.25. The smallest absolute Gasteiger partial charge is 0.276 e. The average Bonchev–Trinajstić information content (AvgIpc) is 3.28. The van der Waals surface area contributed by atoms with E-state index < -0.39 is 0 Å². The summed E-state index contributed by atoms with van der Waals surface area (Å²) in [6.07, 6.45) is 4.06. The van der Waals surface area contributed by atoms with Crippen molar-refractivity contribution in [3.05, 3.63) is 53.4 Å². The van der Waals surface area contributed by atoms with E-state index in [2.05, 4.69) is 24.2 Å². The summed E-state index contributed by atoms with van der Waals surface area (Å²) in [6.45, 7) is 4.86. The standard InChI is InChI=1S/C22H27N3O3/c1-2-6-18-13-19(23-28-18)21(27)24-11-9-22(10-12-24)14-20(26)25(16-22)15-17-7-4-3-5-8-17/h3-5,7-8,13H,2,6,9-12,14-16H2,1H3. The van der Waals surface area contributed by atoms with Crippen LogP contribution in [0.2, 0.25) is 0 Å². The number of piperidine rings is 1. The van der Waals surface area contributed by atoms with Crippen LogP contribution in [0.25, 0.3) is 0 Å². The zero-order valence-electron chi connectivity index (χ0n) is 16.4. The molecule has 2 amide bonds. The number of likely N-dealkylation sites (tertiary alicyclic amines) is 2. The Morgan fingerprint density at radius 2 is 1.96 bits per heavy atom. The Morgan fingerprint density at radius 1 is 1.21 bits per heavy atom. The van der Waals surface area contributed by atoms with E-state index in [-0.39, 0.29) is 17.2 Å². The summed E-state index contributed by atoms with van der Waals surface area (Å²) in [6, 6.07) is 11.9. The third-order valence-electron chi connectivity index (χ3n) is 6.01.